The monoisotopic (exact) mass is 506 g/mol. The van der Waals surface area contributed by atoms with Crippen molar-refractivity contribution in [3.8, 4) is 12.5 Å². The Kier molecular flexibility index (Phi) is 9.44. The van der Waals surface area contributed by atoms with Gasteiger partial charge in [0.05, 0.1) is 6.42 Å². The minimum absolute atomic E-state index is 0.484. The molecule has 0 aromatic heterocycles. The highest BCUT2D eigenvalue weighted by Gasteiger charge is 2.37. The molecule has 4 N–H and O–H groups in total. The van der Waals surface area contributed by atoms with E-state index < -0.39 is 47.9 Å². The summed E-state index contributed by atoms with van der Waals surface area (Å²) < 4.78 is 5.23. The quantitative estimate of drug-likeness (QED) is 0.373. The van der Waals surface area contributed by atoms with Gasteiger partial charge in [0.15, 0.2) is 0 Å². The molecule has 196 valence electrons. The average Bonchev–Trinajstić information content (AvgIpc) is 2.77. The first-order valence-electron chi connectivity index (χ1n) is 11.7. The lowest BCUT2D eigenvalue weighted by molar-refractivity contribution is -0.138. The second kappa shape index (κ2) is 12.1. The fourth-order valence-corrected chi connectivity index (χ4v) is 3.73. The normalized spacial score (nSPS) is 12.5. The summed E-state index contributed by atoms with van der Waals surface area (Å²) in [4.78, 5) is 52.4. The summed E-state index contributed by atoms with van der Waals surface area (Å²) in [5.41, 5.74) is 8.02. The molecule has 2 aromatic carbocycles. The van der Waals surface area contributed by atoms with Crippen molar-refractivity contribution in [2.24, 2.45) is 5.73 Å². The van der Waals surface area contributed by atoms with E-state index in [4.69, 9.17) is 16.9 Å². The van der Waals surface area contributed by atoms with Gasteiger partial charge in [0.25, 0.3) is 11.8 Å². The zero-order valence-corrected chi connectivity index (χ0v) is 22.0. The summed E-state index contributed by atoms with van der Waals surface area (Å²) in [7, 11) is 0. The molecular weight excluding hydrogens is 472 g/mol. The standard InChI is InChI=1S/C28H34N4O5/c1-8-32(26(35)22(16-23(29)33)31-27(36)37-28(5,6)7)24(20-14-13-17(2)15-19(20)4)25(34)30-21-12-10-9-11-18(21)3/h1,9-15,22,24H,16H2,2-7H3,(H2,29,33)(H,30,34)(H,31,36). The van der Waals surface area contributed by atoms with E-state index in [1.54, 1.807) is 52.0 Å². The van der Waals surface area contributed by atoms with Crippen molar-refractivity contribution in [2.75, 3.05) is 5.32 Å². The van der Waals surface area contributed by atoms with Crippen molar-refractivity contribution >= 4 is 29.5 Å². The van der Waals surface area contributed by atoms with E-state index in [1.807, 2.05) is 32.0 Å². The molecule has 37 heavy (non-hydrogen) atoms. The van der Waals surface area contributed by atoms with Gasteiger partial charge in [-0.15, -0.1) is 0 Å². The van der Waals surface area contributed by atoms with E-state index in [-0.39, 0.29) is 0 Å². The molecular formula is C28H34N4O5. The number of benzene rings is 2. The molecule has 0 aliphatic heterocycles. The predicted molar refractivity (Wildman–Crippen MR) is 141 cm³/mol. The van der Waals surface area contributed by atoms with Gasteiger partial charge in [-0.25, -0.2) is 4.79 Å². The van der Waals surface area contributed by atoms with Crippen molar-refractivity contribution in [3.05, 3.63) is 64.7 Å². The largest absolute Gasteiger partial charge is 0.444 e. The molecule has 0 saturated heterocycles. The zero-order valence-electron chi connectivity index (χ0n) is 22.0. The van der Waals surface area contributed by atoms with Gasteiger partial charge in [-0.3, -0.25) is 19.3 Å². The van der Waals surface area contributed by atoms with Crippen LogP contribution in [0.1, 0.15) is 55.5 Å². The zero-order chi connectivity index (χ0) is 27.9. The maximum atomic E-state index is 13.7. The Bertz CT molecular complexity index is 1230. The molecule has 0 bridgehead atoms. The number of aryl methyl sites for hydroxylation is 3. The van der Waals surface area contributed by atoms with Crippen molar-refractivity contribution < 1.29 is 23.9 Å². The highest BCUT2D eigenvalue weighted by atomic mass is 16.6. The van der Waals surface area contributed by atoms with Crippen LogP contribution in [0.2, 0.25) is 0 Å². The molecule has 2 unspecified atom stereocenters. The molecule has 0 aliphatic carbocycles. The lowest BCUT2D eigenvalue weighted by Gasteiger charge is -2.31. The van der Waals surface area contributed by atoms with Crippen molar-refractivity contribution in [1.82, 2.24) is 10.2 Å². The number of amides is 4. The van der Waals surface area contributed by atoms with Crippen LogP contribution in [-0.2, 0) is 19.1 Å². The molecule has 0 heterocycles. The number of carbonyl (C=O) groups excluding carboxylic acids is 4. The van der Waals surface area contributed by atoms with Gasteiger partial charge in [0, 0.05) is 11.7 Å². The van der Waals surface area contributed by atoms with Gasteiger partial charge in [0.1, 0.15) is 17.7 Å². The summed E-state index contributed by atoms with van der Waals surface area (Å²) in [5.74, 6) is -2.28. The van der Waals surface area contributed by atoms with Crippen LogP contribution in [0.25, 0.3) is 0 Å². The number of alkyl carbamates (subject to hydrolysis) is 1. The average molecular weight is 507 g/mol. The van der Waals surface area contributed by atoms with Crippen molar-refractivity contribution in [3.63, 3.8) is 0 Å². The number of para-hydroxylation sites is 1. The van der Waals surface area contributed by atoms with E-state index in [0.717, 1.165) is 21.6 Å². The van der Waals surface area contributed by atoms with Gasteiger partial charge in [0.2, 0.25) is 5.91 Å². The molecule has 2 atom stereocenters. The van der Waals surface area contributed by atoms with Crippen molar-refractivity contribution in [2.45, 2.75) is 65.6 Å². The lowest BCUT2D eigenvalue weighted by atomic mass is 9.96. The van der Waals surface area contributed by atoms with Crippen LogP contribution >= 0.6 is 0 Å². The minimum Gasteiger partial charge on any atom is -0.444 e. The molecule has 0 spiro atoms. The highest BCUT2D eigenvalue weighted by Crippen LogP contribution is 2.28. The number of rotatable bonds is 8. The van der Waals surface area contributed by atoms with Gasteiger partial charge in [-0.2, -0.15) is 0 Å². The van der Waals surface area contributed by atoms with Gasteiger partial charge < -0.3 is 21.1 Å². The Balaban J connectivity index is 2.53. The Morgan fingerprint density at radius 1 is 1.05 bits per heavy atom. The fraction of sp³-hybridized carbons (Fsp3) is 0.357. The molecule has 2 aromatic rings. The first kappa shape index (κ1) is 28.9. The third kappa shape index (κ3) is 8.10. The van der Waals surface area contributed by atoms with E-state index in [2.05, 4.69) is 16.7 Å². The van der Waals surface area contributed by atoms with Crippen LogP contribution in [-0.4, -0.2) is 40.4 Å². The summed E-state index contributed by atoms with van der Waals surface area (Å²) in [6.07, 6.45) is 4.29. The van der Waals surface area contributed by atoms with Gasteiger partial charge >= 0.3 is 6.09 Å². The topological polar surface area (TPSA) is 131 Å². The number of nitrogens with two attached hydrogens (primary N) is 1. The van der Waals surface area contributed by atoms with Crippen LogP contribution in [0.3, 0.4) is 0 Å². The Morgan fingerprint density at radius 3 is 2.24 bits per heavy atom. The third-order valence-corrected chi connectivity index (χ3v) is 5.40. The Labute approximate surface area is 217 Å². The second-order valence-corrected chi connectivity index (χ2v) is 9.77. The van der Waals surface area contributed by atoms with Crippen LogP contribution in [0, 0.1) is 33.2 Å². The Hall–Kier alpha value is -4.32. The fourth-order valence-electron chi connectivity index (χ4n) is 3.73. The third-order valence-electron chi connectivity index (χ3n) is 5.40. The van der Waals surface area contributed by atoms with Crippen LogP contribution in [0.5, 0.6) is 0 Å². The van der Waals surface area contributed by atoms with Crippen molar-refractivity contribution in [1.29, 1.82) is 0 Å². The van der Waals surface area contributed by atoms with Gasteiger partial charge in [-0.1, -0.05) is 48.4 Å². The summed E-state index contributed by atoms with van der Waals surface area (Å²) >= 11 is 0. The molecule has 0 aliphatic rings. The van der Waals surface area contributed by atoms with Crippen LogP contribution in [0.15, 0.2) is 42.5 Å². The number of nitrogens with zero attached hydrogens (tertiary/aromatic N) is 1. The van der Waals surface area contributed by atoms with E-state index in [9.17, 15) is 19.2 Å². The summed E-state index contributed by atoms with van der Waals surface area (Å²) in [6, 6.07) is 12.1. The molecule has 0 saturated carbocycles. The Morgan fingerprint density at radius 2 is 1.70 bits per heavy atom. The number of anilines is 1. The minimum atomic E-state index is -1.46. The smallest absolute Gasteiger partial charge is 0.408 e. The molecule has 4 amide bonds. The number of carbonyl (C=O) groups is 4. The molecule has 9 nitrogen and oxygen atoms in total. The van der Waals surface area contributed by atoms with Gasteiger partial charge in [-0.05, 0) is 64.3 Å². The van der Waals surface area contributed by atoms with Crippen LogP contribution in [0.4, 0.5) is 10.5 Å². The van der Waals surface area contributed by atoms with Crippen LogP contribution < -0.4 is 16.4 Å². The number of ether oxygens (including phenoxy) is 1. The first-order valence-corrected chi connectivity index (χ1v) is 11.7. The highest BCUT2D eigenvalue weighted by molar-refractivity contribution is 6.00. The number of hydrogen-bond donors (Lipinski definition) is 3. The molecule has 2 rings (SSSR count). The van der Waals surface area contributed by atoms with E-state index in [0.29, 0.717) is 11.3 Å². The molecule has 0 fully saturated rings. The number of terminal acetylenes is 1. The summed E-state index contributed by atoms with van der Waals surface area (Å²) in [5, 5.41) is 5.21. The second-order valence-electron chi connectivity index (χ2n) is 9.77. The number of nitrogens with one attached hydrogen (secondary N) is 2. The molecule has 0 radical (unpaired) electrons. The first-order chi connectivity index (χ1) is 17.2. The number of primary amides is 1. The summed E-state index contributed by atoms with van der Waals surface area (Å²) in [6.45, 7) is 10.5. The maximum Gasteiger partial charge on any atom is 0.408 e. The van der Waals surface area contributed by atoms with E-state index in [1.165, 1.54) is 0 Å². The number of hydrogen-bond acceptors (Lipinski definition) is 5. The molecule has 9 heteroatoms. The SMILES string of the molecule is C#CN(C(=O)C(CC(N)=O)NC(=O)OC(C)(C)C)C(C(=O)Nc1ccccc1C)c1ccc(C)cc1C. The maximum absolute atomic E-state index is 13.7. The van der Waals surface area contributed by atoms with E-state index >= 15 is 0 Å². The lowest BCUT2D eigenvalue weighted by Crippen LogP contribution is -2.52. The predicted octanol–water partition coefficient (Wildman–Crippen LogP) is 3.48.